The molecule has 4 atom stereocenters. The van der Waals surface area contributed by atoms with Gasteiger partial charge in [0.15, 0.2) is 0 Å². The van der Waals surface area contributed by atoms with E-state index in [1.807, 2.05) is 0 Å². The molecule has 0 bridgehead atoms. The molecular weight excluding hydrogens is 464 g/mol. The summed E-state index contributed by atoms with van der Waals surface area (Å²) in [5.41, 5.74) is 16.3. The fourth-order valence-corrected chi connectivity index (χ4v) is 3.01. The van der Waals surface area contributed by atoms with Gasteiger partial charge < -0.3 is 43.2 Å². The van der Waals surface area contributed by atoms with Crippen molar-refractivity contribution in [1.29, 1.82) is 0 Å². The van der Waals surface area contributed by atoms with Crippen LogP contribution in [0.4, 0.5) is 0 Å². The van der Waals surface area contributed by atoms with Gasteiger partial charge in [-0.3, -0.25) is 24.0 Å². The molecule has 35 heavy (non-hydrogen) atoms. The van der Waals surface area contributed by atoms with Gasteiger partial charge in [0, 0.05) is 24.7 Å². The Bertz CT molecular complexity index is 919. The number of carboxylic acid groups (broad SMARTS) is 1. The van der Waals surface area contributed by atoms with E-state index < -0.39 is 72.0 Å². The zero-order chi connectivity index (χ0) is 26.7. The Hall–Kier alpha value is -4.01. The molecule has 0 aromatic carbocycles. The van der Waals surface area contributed by atoms with Crippen LogP contribution in [0.1, 0.15) is 38.8 Å². The molecule has 0 aliphatic heterocycles. The van der Waals surface area contributed by atoms with Crippen LogP contribution in [0.5, 0.6) is 0 Å². The molecular formula is C20H32N8O7. The van der Waals surface area contributed by atoms with Crippen molar-refractivity contribution in [3.05, 3.63) is 18.2 Å². The van der Waals surface area contributed by atoms with Crippen molar-refractivity contribution in [2.45, 2.75) is 63.7 Å². The van der Waals surface area contributed by atoms with E-state index in [-0.39, 0.29) is 19.3 Å². The van der Waals surface area contributed by atoms with Crippen molar-refractivity contribution < 1.29 is 33.9 Å². The molecule has 0 fully saturated rings. The van der Waals surface area contributed by atoms with Crippen LogP contribution in [0.2, 0.25) is 0 Å². The van der Waals surface area contributed by atoms with Gasteiger partial charge >= 0.3 is 5.97 Å². The lowest BCUT2D eigenvalue weighted by Gasteiger charge is -2.25. The van der Waals surface area contributed by atoms with Crippen LogP contribution in [0.15, 0.2) is 12.5 Å². The lowest BCUT2D eigenvalue weighted by Crippen LogP contribution is -2.58. The summed E-state index contributed by atoms with van der Waals surface area (Å²) in [7, 11) is 0. The SMILES string of the molecule is CC(C)C(NC(=O)C(CCC(N)=O)NC(=O)C(Cc1cnc[nH]1)NC(=O)C(N)CC(N)=O)C(=O)O. The average molecular weight is 497 g/mol. The summed E-state index contributed by atoms with van der Waals surface area (Å²) >= 11 is 0. The molecule has 15 nitrogen and oxygen atoms in total. The third-order valence-electron chi connectivity index (χ3n) is 4.91. The molecule has 0 aliphatic rings. The molecule has 5 amide bonds. The van der Waals surface area contributed by atoms with Gasteiger partial charge in [-0.2, -0.15) is 0 Å². The minimum Gasteiger partial charge on any atom is -0.480 e. The summed E-state index contributed by atoms with van der Waals surface area (Å²) in [6, 6.07) is -5.18. The van der Waals surface area contributed by atoms with Crippen LogP contribution in [0.3, 0.4) is 0 Å². The monoisotopic (exact) mass is 496 g/mol. The summed E-state index contributed by atoms with van der Waals surface area (Å²) in [4.78, 5) is 78.6. The molecule has 1 aromatic heterocycles. The van der Waals surface area contributed by atoms with E-state index in [1.165, 1.54) is 12.5 Å². The molecule has 0 radical (unpaired) electrons. The second-order valence-electron chi connectivity index (χ2n) is 8.25. The number of hydrogen-bond acceptors (Lipinski definition) is 8. The first-order valence-electron chi connectivity index (χ1n) is 10.7. The number of nitrogens with zero attached hydrogens (tertiary/aromatic N) is 1. The number of carbonyl (C=O) groups excluding carboxylic acids is 5. The Morgan fingerprint density at radius 1 is 0.971 bits per heavy atom. The zero-order valence-corrected chi connectivity index (χ0v) is 19.4. The largest absolute Gasteiger partial charge is 0.480 e. The molecule has 0 spiro atoms. The molecule has 0 saturated carbocycles. The Morgan fingerprint density at radius 3 is 2.06 bits per heavy atom. The number of imidazole rings is 1. The number of nitrogens with two attached hydrogens (primary N) is 3. The van der Waals surface area contributed by atoms with E-state index in [0.29, 0.717) is 5.69 Å². The number of amides is 5. The molecule has 11 N–H and O–H groups in total. The van der Waals surface area contributed by atoms with Gasteiger partial charge in [0.2, 0.25) is 29.5 Å². The maximum atomic E-state index is 13.1. The first-order chi connectivity index (χ1) is 16.3. The third-order valence-corrected chi connectivity index (χ3v) is 4.91. The van der Waals surface area contributed by atoms with Crippen LogP contribution in [-0.4, -0.2) is 74.7 Å². The number of H-pyrrole nitrogens is 1. The number of aromatic nitrogens is 2. The first-order valence-corrected chi connectivity index (χ1v) is 10.7. The van der Waals surface area contributed by atoms with Crippen molar-refractivity contribution >= 4 is 35.5 Å². The number of primary amides is 2. The number of aliphatic carboxylic acids is 1. The maximum Gasteiger partial charge on any atom is 0.326 e. The highest BCUT2D eigenvalue weighted by molar-refractivity contribution is 5.95. The van der Waals surface area contributed by atoms with E-state index in [2.05, 4.69) is 25.9 Å². The molecule has 4 unspecified atom stereocenters. The predicted molar refractivity (Wildman–Crippen MR) is 121 cm³/mol. The molecule has 1 aromatic rings. The Morgan fingerprint density at radius 2 is 1.57 bits per heavy atom. The van der Waals surface area contributed by atoms with E-state index in [1.54, 1.807) is 13.8 Å². The molecule has 1 heterocycles. The highest BCUT2D eigenvalue weighted by atomic mass is 16.4. The predicted octanol–water partition coefficient (Wildman–Crippen LogP) is -3.38. The Labute approximate surface area is 200 Å². The summed E-state index contributed by atoms with van der Waals surface area (Å²) in [6.45, 7) is 3.17. The van der Waals surface area contributed by atoms with Crippen LogP contribution in [-0.2, 0) is 35.2 Å². The van der Waals surface area contributed by atoms with Crippen molar-refractivity contribution in [2.24, 2.45) is 23.1 Å². The van der Waals surface area contributed by atoms with Crippen LogP contribution in [0, 0.1) is 5.92 Å². The minimum absolute atomic E-state index is 0.0885. The minimum atomic E-state index is -1.34. The average Bonchev–Trinajstić information content (AvgIpc) is 3.26. The highest BCUT2D eigenvalue weighted by Crippen LogP contribution is 2.07. The number of nitrogens with one attached hydrogen (secondary N) is 4. The van der Waals surface area contributed by atoms with Crippen LogP contribution in [0.25, 0.3) is 0 Å². The maximum absolute atomic E-state index is 13.1. The summed E-state index contributed by atoms with van der Waals surface area (Å²) in [6.07, 6.45) is 1.72. The van der Waals surface area contributed by atoms with Gasteiger partial charge in [0.1, 0.15) is 18.1 Å². The van der Waals surface area contributed by atoms with E-state index in [9.17, 15) is 33.9 Å². The van der Waals surface area contributed by atoms with Gasteiger partial charge in [-0.1, -0.05) is 13.8 Å². The number of aromatic amines is 1. The first kappa shape index (κ1) is 29.0. The highest BCUT2D eigenvalue weighted by Gasteiger charge is 2.32. The van der Waals surface area contributed by atoms with Crippen LogP contribution < -0.4 is 33.2 Å². The third kappa shape index (κ3) is 10.2. The Balaban J connectivity index is 3.09. The number of carbonyl (C=O) groups is 6. The van der Waals surface area contributed by atoms with E-state index >= 15 is 0 Å². The van der Waals surface area contributed by atoms with Crippen LogP contribution >= 0.6 is 0 Å². The fourth-order valence-electron chi connectivity index (χ4n) is 3.01. The number of rotatable bonds is 15. The van der Waals surface area contributed by atoms with Crippen molar-refractivity contribution in [3.63, 3.8) is 0 Å². The second kappa shape index (κ2) is 13.6. The van der Waals surface area contributed by atoms with Gasteiger partial charge in [0.05, 0.1) is 18.8 Å². The van der Waals surface area contributed by atoms with E-state index in [0.717, 1.165) is 0 Å². The molecule has 0 saturated heterocycles. The summed E-state index contributed by atoms with van der Waals surface area (Å²) in [5, 5.41) is 16.5. The van der Waals surface area contributed by atoms with Gasteiger partial charge in [-0.25, -0.2) is 9.78 Å². The number of carboxylic acids is 1. The lowest BCUT2D eigenvalue weighted by atomic mass is 10.0. The molecule has 0 aliphatic carbocycles. The topological polar surface area (TPSA) is 265 Å². The normalized spacial score (nSPS) is 14.3. The Kier molecular flexibility index (Phi) is 11.3. The molecule has 194 valence electrons. The lowest BCUT2D eigenvalue weighted by molar-refractivity contribution is -0.143. The summed E-state index contributed by atoms with van der Waals surface area (Å²) < 4.78 is 0. The summed E-state index contributed by atoms with van der Waals surface area (Å²) in [5.74, 6) is -5.83. The smallest absolute Gasteiger partial charge is 0.326 e. The van der Waals surface area contributed by atoms with Gasteiger partial charge in [0.25, 0.3) is 0 Å². The fraction of sp³-hybridized carbons (Fsp3) is 0.550. The number of hydrogen-bond donors (Lipinski definition) is 8. The van der Waals surface area contributed by atoms with Gasteiger partial charge in [-0.15, -0.1) is 0 Å². The standard InChI is InChI=1S/C20H32N8O7/c1-9(2)16(20(34)35)28-18(32)12(3-4-14(22)29)26-19(33)13(5-10-7-24-8-25-10)27-17(31)11(21)6-15(23)30/h7-9,11-13,16H,3-6,21H2,1-2H3,(H2,22,29)(H2,23,30)(H,24,25)(H,26,33)(H,27,31)(H,28,32)(H,34,35). The quantitative estimate of drug-likeness (QED) is 0.120. The van der Waals surface area contributed by atoms with Crippen molar-refractivity contribution in [2.75, 3.05) is 0 Å². The zero-order valence-electron chi connectivity index (χ0n) is 19.4. The molecule has 1 rings (SSSR count). The van der Waals surface area contributed by atoms with Crippen molar-refractivity contribution in [3.8, 4) is 0 Å². The second-order valence-corrected chi connectivity index (χ2v) is 8.25. The van der Waals surface area contributed by atoms with Crippen molar-refractivity contribution in [1.82, 2.24) is 25.9 Å². The van der Waals surface area contributed by atoms with Gasteiger partial charge in [-0.05, 0) is 12.3 Å². The molecule has 15 heteroatoms. The van der Waals surface area contributed by atoms with E-state index in [4.69, 9.17) is 17.2 Å².